The van der Waals surface area contributed by atoms with Gasteiger partial charge in [0.25, 0.3) is 11.8 Å². The van der Waals surface area contributed by atoms with Crippen LogP contribution in [0.1, 0.15) is 21.7 Å². The standard InChI is InChI=1S/C24H22N2O6/c1-31-18-11-9-17(10-12-18)14-19(25-23(28)21-8-5-13-32-21)22(27)26-20(24(29)30)15-16-6-3-2-4-7-16/h2-14,20H,15H2,1H3,(H,25,28)(H,26,27)(H,29,30)/b19-14+. The third-order valence-electron chi connectivity index (χ3n) is 4.55. The molecule has 0 spiro atoms. The van der Waals surface area contributed by atoms with Gasteiger partial charge in [0.05, 0.1) is 13.4 Å². The van der Waals surface area contributed by atoms with Crippen molar-refractivity contribution in [3.63, 3.8) is 0 Å². The molecule has 164 valence electrons. The van der Waals surface area contributed by atoms with Gasteiger partial charge in [0.1, 0.15) is 17.5 Å². The maximum absolute atomic E-state index is 13.0. The molecule has 1 aromatic heterocycles. The minimum atomic E-state index is -1.19. The highest BCUT2D eigenvalue weighted by molar-refractivity contribution is 6.05. The zero-order chi connectivity index (χ0) is 22.9. The third kappa shape index (κ3) is 6.09. The molecule has 0 aliphatic carbocycles. The van der Waals surface area contributed by atoms with Gasteiger partial charge in [-0.05, 0) is 41.5 Å². The quantitative estimate of drug-likeness (QED) is 0.446. The summed E-state index contributed by atoms with van der Waals surface area (Å²) in [6, 6.07) is 17.5. The molecule has 0 saturated carbocycles. The fourth-order valence-electron chi connectivity index (χ4n) is 2.90. The predicted octanol–water partition coefficient (Wildman–Crippen LogP) is 2.87. The highest BCUT2D eigenvalue weighted by Crippen LogP contribution is 2.14. The Hall–Kier alpha value is -4.33. The number of carboxylic acids is 1. The zero-order valence-electron chi connectivity index (χ0n) is 17.3. The monoisotopic (exact) mass is 434 g/mol. The maximum Gasteiger partial charge on any atom is 0.326 e. The molecule has 0 radical (unpaired) electrons. The lowest BCUT2D eigenvalue weighted by Crippen LogP contribution is -2.45. The number of amides is 2. The summed E-state index contributed by atoms with van der Waals surface area (Å²) in [4.78, 5) is 37.2. The van der Waals surface area contributed by atoms with Gasteiger partial charge < -0.3 is 24.9 Å². The van der Waals surface area contributed by atoms with Gasteiger partial charge in [0.15, 0.2) is 5.76 Å². The largest absolute Gasteiger partial charge is 0.497 e. The van der Waals surface area contributed by atoms with Gasteiger partial charge in [0, 0.05) is 6.42 Å². The van der Waals surface area contributed by atoms with E-state index in [0.29, 0.717) is 11.3 Å². The van der Waals surface area contributed by atoms with Gasteiger partial charge in [-0.2, -0.15) is 0 Å². The van der Waals surface area contributed by atoms with E-state index in [0.717, 1.165) is 5.56 Å². The van der Waals surface area contributed by atoms with Crippen molar-refractivity contribution in [1.29, 1.82) is 0 Å². The van der Waals surface area contributed by atoms with Crippen LogP contribution in [0.15, 0.2) is 83.1 Å². The smallest absolute Gasteiger partial charge is 0.326 e. The van der Waals surface area contributed by atoms with Gasteiger partial charge in [-0.1, -0.05) is 42.5 Å². The van der Waals surface area contributed by atoms with E-state index < -0.39 is 23.8 Å². The molecule has 1 atom stereocenters. The first-order chi connectivity index (χ1) is 15.5. The van der Waals surface area contributed by atoms with E-state index in [9.17, 15) is 19.5 Å². The fourth-order valence-corrected chi connectivity index (χ4v) is 2.90. The average molecular weight is 434 g/mol. The highest BCUT2D eigenvalue weighted by atomic mass is 16.5. The highest BCUT2D eigenvalue weighted by Gasteiger charge is 2.24. The van der Waals surface area contributed by atoms with Crippen LogP contribution in [-0.2, 0) is 16.0 Å². The van der Waals surface area contributed by atoms with Gasteiger partial charge in [-0.25, -0.2) is 4.79 Å². The summed E-state index contributed by atoms with van der Waals surface area (Å²) in [6.45, 7) is 0. The summed E-state index contributed by atoms with van der Waals surface area (Å²) >= 11 is 0. The molecule has 8 heteroatoms. The van der Waals surface area contributed by atoms with Crippen molar-refractivity contribution in [3.8, 4) is 5.75 Å². The lowest BCUT2D eigenvalue weighted by Gasteiger charge is -2.16. The van der Waals surface area contributed by atoms with Crippen LogP contribution in [-0.4, -0.2) is 36.0 Å². The zero-order valence-corrected chi connectivity index (χ0v) is 17.3. The number of hydrogen-bond acceptors (Lipinski definition) is 5. The Kier molecular flexibility index (Phi) is 7.42. The number of methoxy groups -OCH3 is 1. The van der Waals surface area contributed by atoms with Crippen LogP contribution >= 0.6 is 0 Å². The second-order valence-corrected chi connectivity index (χ2v) is 6.82. The molecule has 0 bridgehead atoms. The maximum atomic E-state index is 13.0. The van der Waals surface area contributed by atoms with Gasteiger partial charge >= 0.3 is 5.97 Å². The lowest BCUT2D eigenvalue weighted by molar-refractivity contribution is -0.141. The van der Waals surface area contributed by atoms with Crippen molar-refractivity contribution in [3.05, 3.63) is 95.6 Å². The molecule has 0 saturated heterocycles. The van der Waals surface area contributed by atoms with Crippen molar-refractivity contribution < 1.29 is 28.6 Å². The number of aliphatic carboxylic acids is 1. The van der Waals surface area contributed by atoms with Crippen LogP contribution in [0.4, 0.5) is 0 Å². The van der Waals surface area contributed by atoms with E-state index in [1.165, 1.54) is 25.5 Å². The van der Waals surface area contributed by atoms with E-state index in [1.54, 1.807) is 54.6 Å². The summed E-state index contributed by atoms with van der Waals surface area (Å²) in [6.07, 6.45) is 2.86. The van der Waals surface area contributed by atoms with Crippen molar-refractivity contribution >= 4 is 23.9 Å². The molecule has 8 nitrogen and oxygen atoms in total. The summed E-state index contributed by atoms with van der Waals surface area (Å²) in [5.74, 6) is -1.94. The van der Waals surface area contributed by atoms with Gasteiger partial charge in [-0.3, -0.25) is 9.59 Å². The molecule has 3 N–H and O–H groups in total. The number of nitrogens with one attached hydrogen (secondary N) is 2. The Labute approximate surface area is 184 Å². The summed E-state index contributed by atoms with van der Waals surface area (Å²) in [5, 5.41) is 14.6. The summed E-state index contributed by atoms with van der Waals surface area (Å²) < 4.78 is 10.2. The van der Waals surface area contributed by atoms with Crippen LogP contribution in [0.2, 0.25) is 0 Å². The van der Waals surface area contributed by atoms with E-state index in [1.807, 2.05) is 6.07 Å². The molecule has 2 amide bonds. The SMILES string of the molecule is COc1ccc(/C=C(/NC(=O)c2ccco2)C(=O)NC(Cc2ccccc2)C(=O)O)cc1. The molecule has 0 aliphatic rings. The normalized spacial score (nSPS) is 12.0. The minimum Gasteiger partial charge on any atom is -0.497 e. The van der Waals surface area contributed by atoms with Gasteiger partial charge in [0.2, 0.25) is 0 Å². The second kappa shape index (κ2) is 10.6. The number of ether oxygens (including phenoxy) is 1. The Balaban J connectivity index is 1.84. The van der Waals surface area contributed by atoms with Crippen molar-refractivity contribution in [2.24, 2.45) is 0 Å². The fraction of sp³-hybridized carbons (Fsp3) is 0.125. The number of benzene rings is 2. The topological polar surface area (TPSA) is 118 Å². The predicted molar refractivity (Wildman–Crippen MR) is 117 cm³/mol. The molecule has 32 heavy (non-hydrogen) atoms. The second-order valence-electron chi connectivity index (χ2n) is 6.82. The molecular formula is C24H22N2O6. The van der Waals surface area contributed by atoms with E-state index in [4.69, 9.17) is 9.15 Å². The molecule has 2 aromatic carbocycles. The van der Waals surface area contributed by atoms with Crippen LogP contribution in [0, 0.1) is 0 Å². The molecule has 3 rings (SSSR count). The number of carboxylic acid groups (broad SMARTS) is 1. The lowest BCUT2D eigenvalue weighted by atomic mass is 10.1. The Bertz CT molecular complexity index is 1090. The molecule has 0 fully saturated rings. The van der Waals surface area contributed by atoms with Crippen LogP contribution in [0.5, 0.6) is 5.75 Å². The third-order valence-corrected chi connectivity index (χ3v) is 4.55. The Morgan fingerprint density at radius 3 is 2.34 bits per heavy atom. The van der Waals surface area contributed by atoms with E-state index in [2.05, 4.69) is 10.6 Å². The number of hydrogen-bond donors (Lipinski definition) is 3. The van der Waals surface area contributed by atoms with Crippen LogP contribution in [0.25, 0.3) is 6.08 Å². The van der Waals surface area contributed by atoms with Gasteiger partial charge in [-0.15, -0.1) is 0 Å². The Morgan fingerprint density at radius 2 is 1.75 bits per heavy atom. The first kappa shape index (κ1) is 22.4. The first-order valence-corrected chi connectivity index (χ1v) is 9.74. The summed E-state index contributed by atoms with van der Waals surface area (Å²) in [7, 11) is 1.53. The van der Waals surface area contributed by atoms with Crippen LogP contribution in [0.3, 0.4) is 0 Å². The van der Waals surface area contributed by atoms with Crippen molar-refractivity contribution in [2.45, 2.75) is 12.5 Å². The number of furan rings is 1. The van der Waals surface area contributed by atoms with Crippen molar-refractivity contribution in [2.75, 3.05) is 7.11 Å². The first-order valence-electron chi connectivity index (χ1n) is 9.74. The molecule has 0 aliphatic heterocycles. The van der Waals surface area contributed by atoms with E-state index in [-0.39, 0.29) is 17.9 Å². The molecule has 3 aromatic rings. The molecular weight excluding hydrogens is 412 g/mol. The van der Waals surface area contributed by atoms with Crippen molar-refractivity contribution in [1.82, 2.24) is 10.6 Å². The van der Waals surface area contributed by atoms with Crippen LogP contribution < -0.4 is 15.4 Å². The average Bonchev–Trinajstić information content (AvgIpc) is 3.34. The Morgan fingerprint density at radius 1 is 1.03 bits per heavy atom. The summed E-state index contributed by atoms with van der Waals surface area (Å²) in [5.41, 5.74) is 1.22. The molecule has 1 heterocycles. The number of rotatable bonds is 9. The van der Waals surface area contributed by atoms with E-state index >= 15 is 0 Å². The number of carbonyl (C=O) groups excluding carboxylic acids is 2. The number of carbonyl (C=O) groups is 3. The molecule has 1 unspecified atom stereocenters. The minimum absolute atomic E-state index is 0.0116.